The molecule has 3 nitrogen and oxygen atoms in total. The Hall–Kier alpha value is -1.06. The van der Waals surface area contributed by atoms with Crippen LogP contribution < -0.4 is 15.8 Å². The van der Waals surface area contributed by atoms with Crippen molar-refractivity contribution in [2.45, 2.75) is 25.3 Å². The molecule has 2 rings (SSSR count). The van der Waals surface area contributed by atoms with Crippen LogP contribution in [0.2, 0.25) is 0 Å². The van der Waals surface area contributed by atoms with Gasteiger partial charge in [-0.05, 0) is 43.6 Å². The van der Waals surface area contributed by atoms with Crippen molar-refractivity contribution < 1.29 is 4.74 Å². The normalized spacial score (nSPS) is 15.6. The van der Waals surface area contributed by atoms with E-state index in [-0.39, 0.29) is 0 Å². The molecule has 0 aliphatic carbocycles. The molecule has 0 fully saturated rings. The van der Waals surface area contributed by atoms with E-state index in [1.807, 2.05) is 7.05 Å². The zero-order valence-corrected chi connectivity index (χ0v) is 9.83. The van der Waals surface area contributed by atoms with Crippen LogP contribution in [0.4, 0.5) is 0 Å². The molecule has 1 atom stereocenters. The summed E-state index contributed by atoms with van der Waals surface area (Å²) in [7, 11) is 2.00. The van der Waals surface area contributed by atoms with Crippen LogP contribution >= 0.6 is 0 Å². The van der Waals surface area contributed by atoms with Crippen molar-refractivity contribution in [3.05, 3.63) is 29.3 Å². The van der Waals surface area contributed by atoms with Crippen LogP contribution in [0.3, 0.4) is 0 Å². The van der Waals surface area contributed by atoms with Crippen LogP contribution in [-0.4, -0.2) is 20.2 Å². The SMILES string of the molecule is CNC(CCCN)c1ccc2c(c1)CCO2. The number of benzene rings is 1. The molecular weight excluding hydrogens is 200 g/mol. The summed E-state index contributed by atoms with van der Waals surface area (Å²) in [6, 6.07) is 6.92. The largest absolute Gasteiger partial charge is 0.493 e. The van der Waals surface area contributed by atoms with Gasteiger partial charge in [0.25, 0.3) is 0 Å². The molecule has 0 bridgehead atoms. The third-order valence-corrected chi connectivity index (χ3v) is 3.16. The van der Waals surface area contributed by atoms with Crippen molar-refractivity contribution in [2.75, 3.05) is 20.2 Å². The molecule has 1 aliphatic heterocycles. The van der Waals surface area contributed by atoms with Crippen LogP contribution in [0.25, 0.3) is 0 Å². The molecule has 1 aromatic carbocycles. The fourth-order valence-electron chi connectivity index (χ4n) is 2.22. The minimum atomic E-state index is 0.412. The number of nitrogens with two attached hydrogens (primary N) is 1. The zero-order valence-electron chi connectivity index (χ0n) is 9.83. The minimum absolute atomic E-state index is 0.412. The van der Waals surface area contributed by atoms with E-state index in [0.717, 1.165) is 38.2 Å². The van der Waals surface area contributed by atoms with Crippen LogP contribution in [0.15, 0.2) is 18.2 Å². The Kier molecular flexibility index (Phi) is 3.80. The van der Waals surface area contributed by atoms with Gasteiger partial charge in [0.2, 0.25) is 0 Å². The fraction of sp³-hybridized carbons (Fsp3) is 0.538. The molecule has 0 aromatic heterocycles. The fourth-order valence-corrected chi connectivity index (χ4v) is 2.22. The van der Waals surface area contributed by atoms with Crippen LogP contribution in [0.1, 0.15) is 30.0 Å². The number of nitrogens with one attached hydrogen (secondary N) is 1. The Bertz CT molecular complexity index is 352. The second-order valence-corrected chi connectivity index (χ2v) is 4.24. The lowest BCUT2D eigenvalue weighted by Gasteiger charge is -2.17. The van der Waals surface area contributed by atoms with E-state index in [2.05, 4.69) is 23.5 Å². The van der Waals surface area contributed by atoms with Crippen molar-refractivity contribution in [3.8, 4) is 5.75 Å². The Morgan fingerprint density at radius 1 is 1.50 bits per heavy atom. The first-order valence-corrected chi connectivity index (χ1v) is 5.98. The predicted octanol–water partition coefficient (Wildman–Crippen LogP) is 1.62. The zero-order chi connectivity index (χ0) is 11.4. The van der Waals surface area contributed by atoms with Gasteiger partial charge >= 0.3 is 0 Å². The molecule has 0 spiro atoms. The lowest BCUT2D eigenvalue weighted by atomic mass is 9.99. The summed E-state index contributed by atoms with van der Waals surface area (Å²) < 4.78 is 5.51. The Morgan fingerprint density at radius 3 is 3.12 bits per heavy atom. The summed E-state index contributed by atoms with van der Waals surface area (Å²) in [5.41, 5.74) is 8.24. The van der Waals surface area contributed by atoms with Crippen molar-refractivity contribution in [1.82, 2.24) is 5.32 Å². The van der Waals surface area contributed by atoms with Gasteiger partial charge in [0.1, 0.15) is 5.75 Å². The van der Waals surface area contributed by atoms with E-state index in [4.69, 9.17) is 10.5 Å². The van der Waals surface area contributed by atoms with Gasteiger partial charge in [-0.1, -0.05) is 12.1 Å². The summed E-state index contributed by atoms with van der Waals surface area (Å²) in [5.74, 6) is 1.05. The maximum atomic E-state index is 5.55. The van der Waals surface area contributed by atoms with Gasteiger partial charge in [-0.3, -0.25) is 0 Å². The van der Waals surface area contributed by atoms with E-state index < -0.39 is 0 Å². The van der Waals surface area contributed by atoms with Crippen molar-refractivity contribution in [3.63, 3.8) is 0 Å². The highest BCUT2D eigenvalue weighted by Gasteiger charge is 2.15. The summed E-state index contributed by atoms with van der Waals surface area (Å²) in [5, 5.41) is 3.35. The molecule has 0 amide bonds. The molecule has 1 heterocycles. The van der Waals surface area contributed by atoms with E-state index in [1.165, 1.54) is 11.1 Å². The Morgan fingerprint density at radius 2 is 2.38 bits per heavy atom. The Balaban J connectivity index is 2.12. The smallest absolute Gasteiger partial charge is 0.122 e. The van der Waals surface area contributed by atoms with Gasteiger partial charge in [0, 0.05) is 12.5 Å². The second-order valence-electron chi connectivity index (χ2n) is 4.24. The van der Waals surface area contributed by atoms with E-state index in [1.54, 1.807) is 0 Å². The van der Waals surface area contributed by atoms with Crippen LogP contribution in [0, 0.1) is 0 Å². The summed E-state index contributed by atoms with van der Waals surface area (Å²) >= 11 is 0. The van der Waals surface area contributed by atoms with Gasteiger partial charge in [-0.15, -0.1) is 0 Å². The number of rotatable bonds is 5. The van der Waals surface area contributed by atoms with Gasteiger partial charge in [0.05, 0.1) is 6.61 Å². The monoisotopic (exact) mass is 220 g/mol. The molecule has 0 radical (unpaired) electrons. The number of hydrogen-bond donors (Lipinski definition) is 2. The number of fused-ring (bicyclic) bond motifs is 1. The lowest BCUT2D eigenvalue weighted by molar-refractivity contribution is 0.356. The topological polar surface area (TPSA) is 47.3 Å². The highest BCUT2D eigenvalue weighted by molar-refractivity contribution is 5.40. The van der Waals surface area contributed by atoms with Crippen LogP contribution in [-0.2, 0) is 6.42 Å². The van der Waals surface area contributed by atoms with Crippen molar-refractivity contribution in [2.24, 2.45) is 5.73 Å². The molecular formula is C13H20N2O. The highest BCUT2D eigenvalue weighted by atomic mass is 16.5. The molecule has 1 aliphatic rings. The molecule has 0 saturated carbocycles. The average molecular weight is 220 g/mol. The van der Waals surface area contributed by atoms with Gasteiger partial charge in [-0.2, -0.15) is 0 Å². The summed E-state index contributed by atoms with van der Waals surface area (Å²) in [4.78, 5) is 0. The third kappa shape index (κ3) is 2.36. The van der Waals surface area contributed by atoms with Crippen molar-refractivity contribution >= 4 is 0 Å². The Labute approximate surface area is 97.0 Å². The van der Waals surface area contributed by atoms with Gasteiger partial charge in [-0.25, -0.2) is 0 Å². The predicted molar refractivity (Wildman–Crippen MR) is 65.7 cm³/mol. The quantitative estimate of drug-likeness (QED) is 0.792. The van der Waals surface area contributed by atoms with Crippen LogP contribution in [0.5, 0.6) is 5.75 Å². The average Bonchev–Trinajstić information content (AvgIpc) is 2.77. The first kappa shape index (κ1) is 11.4. The summed E-state index contributed by atoms with van der Waals surface area (Å²) in [6.07, 6.45) is 3.18. The molecule has 0 saturated heterocycles. The van der Waals surface area contributed by atoms with Gasteiger partial charge in [0.15, 0.2) is 0 Å². The number of hydrogen-bond acceptors (Lipinski definition) is 3. The van der Waals surface area contributed by atoms with E-state index >= 15 is 0 Å². The lowest BCUT2D eigenvalue weighted by Crippen LogP contribution is -2.17. The first-order valence-electron chi connectivity index (χ1n) is 5.98. The van der Waals surface area contributed by atoms with Crippen molar-refractivity contribution in [1.29, 1.82) is 0 Å². The maximum absolute atomic E-state index is 5.55. The standard InChI is InChI=1S/C13H20N2O/c1-15-12(3-2-7-14)10-4-5-13-11(9-10)6-8-16-13/h4-5,9,12,15H,2-3,6-8,14H2,1H3. The van der Waals surface area contributed by atoms with E-state index in [9.17, 15) is 0 Å². The highest BCUT2D eigenvalue weighted by Crippen LogP contribution is 2.29. The molecule has 88 valence electrons. The van der Waals surface area contributed by atoms with E-state index in [0.29, 0.717) is 6.04 Å². The second kappa shape index (κ2) is 5.32. The number of ether oxygens (including phenoxy) is 1. The maximum Gasteiger partial charge on any atom is 0.122 e. The minimum Gasteiger partial charge on any atom is -0.493 e. The molecule has 1 aromatic rings. The third-order valence-electron chi connectivity index (χ3n) is 3.16. The van der Waals surface area contributed by atoms with Gasteiger partial charge < -0.3 is 15.8 Å². The molecule has 3 N–H and O–H groups in total. The molecule has 16 heavy (non-hydrogen) atoms. The molecule has 1 unspecified atom stereocenters. The first-order chi connectivity index (χ1) is 7.85. The summed E-state index contributed by atoms with van der Waals surface area (Å²) in [6.45, 7) is 1.58. The molecule has 3 heteroatoms.